The first-order valence-electron chi connectivity index (χ1n) is 25.0. The molecule has 0 radical (unpaired) electrons. The number of hydrogen-bond donors (Lipinski definition) is 3. The molecule has 17 atom stereocenters. The van der Waals surface area contributed by atoms with Crippen LogP contribution in [-0.4, -0.2) is 144 Å². The van der Waals surface area contributed by atoms with E-state index in [0.29, 0.717) is 12.5 Å². The number of fused-ring (bicyclic) bond motifs is 7. The number of hydrogen-bond acceptors (Lipinski definition) is 20. The van der Waals surface area contributed by atoms with Crippen LogP contribution in [0.1, 0.15) is 54.4 Å². The summed E-state index contributed by atoms with van der Waals surface area (Å²) in [5.74, 6) is -6.82. The summed E-state index contributed by atoms with van der Waals surface area (Å²) < 4.78 is 71.1. The molecule has 8 aliphatic rings. The molecule has 0 amide bonds. The Morgan fingerprint density at radius 3 is 2.23 bits per heavy atom. The van der Waals surface area contributed by atoms with E-state index in [1.807, 2.05) is 79.7 Å². The summed E-state index contributed by atoms with van der Waals surface area (Å²) in [6.07, 6.45) is -1.50. The van der Waals surface area contributed by atoms with Gasteiger partial charge in [0, 0.05) is 59.8 Å². The number of epoxide rings is 1. The number of nitrogens with zero attached hydrogens (tertiary/aromatic N) is 1. The zero-order chi connectivity index (χ0) is 53.5. The van der Waals surface area contributed by atoms with E-state index in [0.717, 1.165) is 31.5 Å². The predicted molar refractivity (Wildman–Crippen MR) is 257 cm³/mol. The van der Waals surface area contributed by atoms with Gasteiger partial charge in [0.1, 0.15) is 58.8 Å². The number of rotatable bonds is 13. The predicted octanol–water partition coefficient (Wildman–Crippen LogP) is 4.52. The van der Waals surface area contributed by atoms with Gasteiger partial charge in [-0.3, -0.25) is 9.59 Å². The van der Waals surface area contributed by atoms with E-state index < -0.39 is 130 Å². The molecular formula is C55H63NO19. The van der Waals surface area contributed by atoms with Crippen molar-refractivity contribution in [1.82, 2.24) is 4.98 Å². The van der Waals surface area contributed by atoms with Crippen LogP contribution < -0.4 is 14.2 Å². The van der Waals surface area contributed by atoms with E-state index in [2.05, 4.69) is 4.98 Å². The topological polar surface area (TPSA) is 256 Å². The molecule has 1 aromatic heterocycles. The van der Waals surface area contributed by atoms with Crippen LogP contribution in [0.3, 0.4) is 0 Å². The Hall–Kier alpha value is -6.13. The number of pyridine rings is 1. The fourth-order valence-electron chi connectivity index (χ4n) is 14.3. The van der Waals surface area contributed by atoms with E-state index in [-0.39, 0.29) is 24.5 Å². The van der Waals surface area contributed by atoms with Crippen LogP contribution in [0.15, 0.2) is 103 Å². The Morgan fingerprint density at radius 2 is 1.56 bits per heavy atom. The molecule has 2 aromatic carbocycles. The molecule has 11 rings (SSSR count). The number of carbonyl (C=O) groups is 4. The van der Waals surface area contributed by atoms with Crippen LogP contribution in [0.25, 0.3) is 0 Å². The third-order valence-electron chi connectivity index (χ3n) is 17.4. The lowest BCUT2D eigenvalue weighted by Crippen LogP contribution is -2.79. The largest absolute Gasteiger partial charge is 0.490 e. The van der Waals surface area contributed by atoms with Gasteiger partial charge in [-0.25, -0.2) is 14.6 Å². The third kappa shape index (κ3) is 7.60. The molecule has 3 aliphatic carbocycles. The SMILES string of the molecule is C/C=C(\C)C(=O)O[C@H]1C[C@@H](OC(C)=O)[C@@]2(C(=O)OC)CO[C@H]3[C@@H](O)[C@@](C)([C@]45O[C@@]4(C)[C@H]4C[C@@H]5O[C@@H]5OC=C[C@@]54O)[C@H]4[C@]1(CO[C@]4(O)C(=O)OC)[C@@H]32.CC(COc1ccc(Oc2ccccc2)cc1)Oc1ccccn1. The van der Waals surface area contributed by atoms with Crippen molar-refractivity contribution in [2.75, 3.05) is 34.0 Å². The number of aromatic nitrogens is 1. The van der Waals surface area contributed by atoms with Gasteiger partial charge < -0.3 is 72.2 Å². The van der Waals surface area contributed by atoms with Crippen LogP contribution in [-0.2, 0) is 61.8 Å². The lowest BCUT2D eigenvalue weighted by atomic mass is 9.37. The number of para-hydroxylation sites is 1. The molecule has 5 aliphatic heterocycles. The van der Waals surface area contributed by atoms with Crippen molar-refractivity contribution in [2.45, 2.75) is 120 Å². The highest BCUT2D eigenvalue weighted by molar-refractivity contribution is 5.88. The Balaban J connectivity index is 0.000000223. The van der Waals surface area contributed by atoms with Crippen molar-refractivity contribution in [1.29, 1.82) is 0 Å². The molecule has 6 heterocycles. The van der Waals surface area contributed by atoms with Gasteiger partial charge in [0.15, 0.2) is 5.60 Å². The molecule has 1 unspecified atom stereocenters. The summed E-state index contributed by atoms with van der Waals surface area (Å²) in [5, 5.41) is 37.4. The van der Waals surface area contributed by atoms with Crippen molar-refractivity contribution < 1.29 is 91.3 Å². The third-order valence-corrected chi connectivity index (χ3v) is 17.4. The second-order valence-electron chi connectivity index (χ2n) is 21.0. The Labute approximate surface area is 433 Å². The second-order valence-corrected chi connectivity index (χ2v) is 21.0. The van der Waals surface area contributed by atoms with Gasteiger partial charge in [-0.05, 0) is 82.7 Å². The molecule has 20 heteroatoms. The summed E-state index contributed by atoms with van der Waals surface area (Å²) >= 11 is 0. The van der Waals surface area contributed by atoms with Crippen molar-refractivity contribution in [3.05, 3.63) is 103 Å². The van der Waals surface area contributed by atoms with Gasteiger partial charge in [-0.1, -0.05) is 37.3 Å². The maximum Gasteiger partial charge on any atom is 0.366 e. The number of aliphatic hydroxyl groups is 3. The molecular weight excluding hydrogens is 979 g/mol. The summed E-state index contributed by atoms with van der Waals surface area (Å²) in [7, 11) is 2.23. The summed E-state index contributed by atoms with van der Waals surface area (Å²) in [4.78, 5) is 58.5. The monoisotopic (exact) mass is 1040 g/mol. The van der Waals surface area contributed by atoms with Crippen molar-refractivity contribution in [3.8, 4) is 23.1 Å². The van der Waals surface area contributed by atoms with Crippen molar-refractivity contribution in [2.24, 2.45) is 34.0 Å². The van der Waals surface area contributed by atoms with E-state index in [9.17, 15) is 34.5 Å². The molecule has 402 valence electrons. The van der Waals surface area contributed by atoms with Gasteiger partial charge in [0.2, 0.25) is 12.2 Å². The van der Waals surface area contributed by atoms with Gasteiger partial charge in [0.05, 0.1) is 52.0 Å². The average molecular weight is 1040 g/mol. The minimum Gasteiger partial charge on any atom is -0.490 e. The fourth-order valence-corrected chi connectivity index (χ4v) is 14.3. The molecule has 3 N–H and O–H groups in total. The lowest BCUT2D eigenvalue weighted by molar-refractivity contribution is -0.314. The van der Waals surface area contributed by atoms with Gasteiger partial charge in [-0.15, -0.1) is 0 Å². The molecule has 4 saturated heterocycles. The normalized spacial score (nSPS) is 40.4. The standard InChI is InChI=1S/C35H44O16.C20H19NO3/c1-8-15(2)24(38)49-18-12-19(48-16(3)36)32(26(39)43-6)13-46-21-22(32)31(18)14-47-34(42,27(40)44-7)25(31)29(4,23(21)37)35-20-11-17(30(35,5)51-35)33(41)9-10-45-28(33)50-20;1-16(23-20-9-5-6-14-21-20)15-22-17-10-12-19(13-11-17)24-18-7-3-2-4-8-18/h8-10,17-23,25,28,37,41-42H,11-14H2,1-7H3;2-14,16H,15H2,1H3/b15-8+;/t17-,18+,19-,20+,21-,22-,23-,25+,28+,29-,30+,31+,32+,33+,34+,35+;/m1./s1. The quantitative estimate of drug-likeness (QED) is 0.0921. The van der Waals surface area contributed by atoms with E-state index in [1.54, 1.807) is 40.0 Å². The number of aliphatic hydroxyl groups excluding tert-OH is 1. The highest BCUT2D eigenvalue weighted by atomic mass is 16.7. The van der Waals surface area contributed by atoms with Gasteiger partial charge in [0.25, 0.3) is 5.79 Å². The molecule has 7 fully saturated rings. The Morgan fingerprint density at radius 1 is 0.867 bits per heavy atom. The van der Waals surface area contributed by atoms with Crippen LogP contribution in [0.5, 0.6) is 23.1 Å². The zero-order valence-electron chi connectivity index (χ0n) is 42.9. The smallest absolute Gasteiger partial charge is 0.366 e. The first-order chi connectivity index (χ1) is 35.7. The maximum absolute atomic E-state index is 14.2. The second kappa shape index (κ2) is 18.9. The van der Waals surface area contributed by atoms with Crippen LogP contribution in [0.4, 0.5) is 0 Å². The van der Waals surface area contributed by atoms with E-state index in [1.165, 1.54) is 19.3 Å². The number of methoxy groups -OCH3 is 2. The average Bonchev–Trinajstić information content (AvgIpc) is 3.98. The minimum absolute atomic E-state index is 0.0971. The Kier molecular flexibility index (Phi) is 13.2. The molecule has 3 saturated carbocycles. The van der Waals surface area contributed by atoms with Crippen LogP contribution in [0, 0.1) is 34.0 Å². The van der Waals surface area contributed by atoms with Gasteiger partial charge >= 0.3 is 23.9 Å². The first-order valence-corrected chi connectivity index (χ1v) is 25.0. The molecule has 1 spiro atoms. The van der Waals surface area contributed by atoms with Crippen molar-refractivity contribution in [3.63, 3.8) is 0 Å². The maximum atomic E-state index is 14.2. The fraction of sp³-hybridized carbons (Fsp3) is 0.545. The number of ether oxygens (including phenoxy) is 12. The van der Waals surface area contributed by atoms with Crippen LogP contribution in [0.2, 0.25) is 0 Å². The number of allylic oxidation sites excluding steroid dienone is 1. The molecule has 3 aromatic rings. The summed E-state index contributed by atoms with van der Waals surface area (Å²) in [6.45, 7) is 9.27. The zero-order valence-corrected chi connectivity index (χ0v) is 42.9. The number of esters is 4. The highest BCUT2D eigenvalue weighted by Crippen LogP contribution is 2.83. The highest BCUT2D eigenvalue weighted by Gasteiger charge is 2.97. The number of benzene rings is 2. The van der Waals surface area contributed by atoms with Crippen LogP contribution >= 0.6 is 0 Å². The molecule has 75 heavy (non-hydrogen) atoms. The van der Waals surface area contributed by atoms with Crippen molar-refractivity contribution >= 4 is 23.9 Å². The first kappa shape index (κ1) is 52.3. The summed E-state index contributed by atoms with van der Waals surface area (Å²) in [5.41, 5.74) is -9.47. The lowest BCUT2D eigenvalue weighted by Gasteiger charge is -2.65. The van der Waals surface area contributed by atoms with Gasteiger partial charge in [-0.2, -0.15) is 0 Å². The van der Waals surface area contributed by atoms with E-state index in [4.69, 9.17) is 56.8 Å². The summed E-state index contributed by atoms with van der Waals surface area (Å²) in [6, 6.07) is 22.8. The molecule has 20 nitrogen and oxygen atoms in total. The molecule has 2 bridgehead atoms. The Bertz CT molecular complexity index is 2740. The van der Waals surface area contributed by atoms with E-state index >= 15 is 0 Å². The number of carbonyl (C=O) groups excluding carboxylic acids is 4. The minimum atomic E-state index is -2.82.